The van der Waals surface area contributed by atoms with E-state index in [9.17, 15) is 24.3 Å². The molecule has 3 N–H and O–H groups in total. The van der Waals surface area contributed by atoms with Gasteiger partial charge in [-0.05, 0) is 33.6 Å². The quantitative estimate of drug-likeness (QED) is 0.320. The standard InChI is InChI=1S/C20H34O7S.H2O/c1-7-20(6,15(3)22)13-19(4,5)18(25)27-10-16(23)9-26-17(24)12-28-11-14(2)8-21;/h8,14,16,23H,7,9-13H2,1-6H3;1H2. The number of rotatable bonds is 14. The van der Waals surface area contributed by atoms with Crippen molar-refractivity contribution in [3.8, 4) is 0 Å². The molecule has 0 fully saturated rings. The fraction of sp³-hybridized carbons (Fsp3) is 0.800. The fourth-order valence-electron chi connectivity index (χ4n) is 2.56. The van der Waals surface area contributed by atoms with E-state index in [0.717, 1.165) is 6.29 Å². The third-order valence-electron chi connectivity index (χ3n) is 4.69. The van der Waals surface area contributed by atoms with Gasteiger partial charge in [-0.1, -0.05) is 20.8 Å². The lowest BCUT2D eigenvalue weighted by atomic mass is 9.70. The second-order valence-electron chi connectivity index (χ2n) is 8.09. The van der Waals surface area contributed by atoms with Gasteiger partial charge in [0, 0.05) is 17.1 Å². The topological polar surface area (TPSA) is 138 Å². The van der Waals surface area contributed by atoms with Crippen molar-refractivity contribution in [2.24, 2.45) is 16.7 Å². The molecule has 0 aliphatic rings. The van der Waals surface area contributed by atoms with E-state index in [-0.39, 0.29) is 36.1 Å². The first-order valence-electron chi connectivity index (χ1n) is 9.43. The molecule has 0 bridgehead atoms. The Morgan fingerprint density at radius 3 is 2.17 bits per heavy atom. The number of carbonyl (C=O) groups excluding carboxylic acids is 4. The summed E-state index contributed by atoms with van der Waals surface area (Å²) in [5.74, 6) is -0.540. The van der Waals surface area contributed by atoms with Gasteiger partial charge in [-0.3, -0.25) is 14.4 Å². The summed E-state index contributed by atoms with van der Waals surface area (Å²) in [4.78, 5) is 46.3. The van der Waals surface area contributed by atoms with Crippen LogP contribution in [0.4, 0.5) is 0 Å². The first-order chi connectivity index (χ1) is 12.9. The summed E-state index contributed by atoms with van der Waals surface area (Å²) in [6, 6.07) is 0. The second-order valence-corrected chi connectivity index (χ2v) is 9.13. The van der Waals surface area contributed by atoms with Crippen molar-refractivity contribution in [3.05, 3.63) is 0 Å². The van der Waals surface area contributed by atoms with Gasteiger partial charge in [0.1, 0.15) is 31.4 Å². The molecule has 170 valence electrons. The smallest absolute Gasteiger partial charge is 0.315 e. The number of hydrogen-bond acceptors (Lipinski definition) is 8. The molecule has 0 aromatic carbocycles. The van der Waals surface area contributed by atoms with E-state index in [1.807, 2.05) is 13.8 Å². The number of carbonyl (C=O) groups is 4. The lowest BCUT2D eigenvalue weighted by molar-refractivity contribution is -0.161. The number of Topliss-reactive ketones (excluding diaryl/α,β-unsaturated/α-hetero) is 1. The van der Waals surface area contributed by atoms with E-state index in [1.54, 1.807) is 20.8 Å². The van der Waals surface area contributed by atoms with Gasteiger partial charge >= 0.3 is 11.9 Å². The summed E-state index contributed by atoms with van der Waals surface area (Å²) in [6.07, 6.45) is 0.637. The molecule has 0 aliphatic carbocycles. The van der Waals surface area contributed by atoms with Crippen LogP contribution in [0, 0.1) is 16.7 Å². The molecule has 9 heteroatoms. The molecule has 29 heavy (non-hydrogen) atoms. The minimum Gasteiger partial charge on any atom is -0.462 e. The summed E-state index contributed by atoms with van der Waals surface area (Å²) < 4.78 is 10.1. The Hall–Kier alpha value is -1.45. The maximum Gasteiger partial charge on any atom is 0.315 e. The predicted molar refractivity (Wildman–Crippen MR) is 112 cm³/mol. The van der Waals surface area contributed by atoms with Crippen LogP contribution in [0.2, 0.25) is 0 Å². The van der Waals surface area contributed by atoms with Crippen LogP contribution in [0.5, 0.6) is 0 Å². The largest absolute Gasteiger partial charge is 0.462 e. The first kappa shape index (κ1) is 29.7. The highest BCUT2D eigenvalue weighted by molar-refractivity contribution is 7.99. The van der Waals surface area contributed by atoms with Gasteiger partial charge in [0.25, 0.3) is 0 Å². The van der Waals surface area contributed by atoms with Crippen molar-refractivity contribution in [1.29, 1.82) is 0 Å². The number of aliphatic hydroxyl groups excluding tert-OH is 1. The molecule has 0 saturated carbocycles. The minimum absolute atomic E-state index is 0. The number of aliphatic hydroxyl groups is 1. The van der Waals surface area contributed by atoms with Crippen LogP contribution >= 0.6 is 11.8 Å². The van der Waals surface area contributed by atoms with Crippen molar-refractivity contribution in [2.75, 3.05) is 24.7 Å². The molecule has 0 aromatic heterocycles. The first-order valence-corrected chi connectivity index (χ1v) is 10.6. The van der Waals surface area contributed by atoms with Crippen LogP contribution in [0.1, 0.15) is 54.4 Å². The van der Waals surface area contributed by atoms with Crippen molar-refractivity contribution >= 4 is 35.8 Å². The monoisotopic (exact) mass is 436 g/mol. The molecule has 0 saturated heterocycles. The molecule has 3 unspecified atom stereocenters. The Morgan fingerprint density at radius 2 is 1.69 bits per heavy atom. The number of esters is 2. The molecule has 0 heterocycles. The maximum absolute atomic E-state index is 12.4. The van der Waals surface area contributed by atoms with Crippen LogP contribution in [0.25, 0.3) is 0 Å². The minimum atomic E-state index is -1.13. The second kappa shape index (κ2) is 13.7. The van der Waals surface area contributed by atoms with E-state index in [1.165, 1.54) is 18.7 Å². The Morgan fingerprint density at radius 1 is 1.14 bits per heavy atom. The molecule has 0 aliphatic heterocycles. The number of thioether (sulfide) groups is 1. The van der Waals surface area contributed by atoms with Crippen LogP contribution < -0.4 is 0 Å². The van der Waals surface area contributed by atoms with Crippen molar-refractivity contribution < 1.29 is 39.2 Å². The normalized spacial score (nSPS) is 15.3. The van der Waals surface area contributed by atoms with Gasteiger partial charge in [0.05, 0.1) is 11.2 Å². The van der Waals surface area contributed by atoms with E-state index < -0.39 is 28.9 Å². The maximum atomic E-state index is 12.4. The third kappa shape index (κ3) is 11.3. The number of hydrogen-bond donors (Lipinski definition) is 1. The lowest BCUT2D eigenvalue weighted by Crippen LogP contribution is -2.38. The van der Waals surface area contributed by atoms with E-state index in [2.05, 4.69) is 0 Å². The van der Waals surface area contributed by atoms with Crippen LogP contribution in [-0.4, -0.2) is 65.4 Å². The van der Waals surface area contributed by atoms with Crippen LogP contribution in [0.3, 0.4) is 0 Å². The summed E-state index contributed by atoms with van der Waals surface area (Å²) in [6.45, 7) is 9.83. The number of ether oxygens (including phenoxy) is 2. The zero-order valence-corrected chi connectivity index (χ0v) is 19.1. The van der Waals surface area contributed by atoms with Crippen molar-refractivity contribution in [3.63, 3.8) is 0 Å². The van der Waals surface area contributed by atoms with E-state index >= 15 is 0 Å². The molecule has 8 nitrogen and oxygen atoms in total. The average Bonchev–Trinajstić information content (AvgIpc) is 2.63. The highest BCUT2D eigenvalue weighted by Gasteiger charge is 2.40. The fourth-order valence-corrected chi connectivity index (χ4v) is 3.38. The summed E-state index contributed by atoms with van der Waals surface area (Å²) >= 11 is 1.28. The molecule has 0 aromatic rings. The Labute approximate surface area is 177 Å². The van der Waals surface area contributed by atoms with E-state index in [0.29, 0.717) is 18.6 Å². The SMILES string of the molecule is CCC(C)(CC(C)(C)C(=O)OCC(O)COC(=O)CSCC(C)C=O)C(C)=O.O. The summed E-state index contributed by atoms with van der Waals surface area (Å²) in [5.41, 5.74) is -1.51. The van der Waals surface area contributed by atoms with Gasteiger partial charge in [0.2, 0.25) is 0 Å². The molecular weight excluding hydrogens is 400 g/mol. The molecule has 0 rings (SSSR count). The molecular formula is C20H36O8S. The van der Waals surface area contributed by atoms with Crippen LogP contribution in [-0.2, 0) is 28.7 Å². The van der Waals surface area contributed by atoms with Gasteiger partial charge in [-0.25, -0.2) is 0 Å². The Kier molecular flexibility index (Phi) is 14.1. The Bertz CT molecular complexity index is 549. The molecule has 0 radical (unpaired) electrons. The number of aldehydes is 1. The molecule has 3 atom stereocenters. The third-order valence-corrected chi connectivity index (χ3v) is 5.89. The van der Waals surface area contributed by atoms with Gasteiger partial charge in [-0.15, -0.1) is 11.8 Å². The van der Waals surface area contributed by atoms with E-state index in [4.69, 9.17) is 9.47 Å². The van der Waals surface area contributed by atoms with Crippen LogP contribution in [0.15, 0.2) is 0 Å². The average molecular weight is 437 g/mol. The molecule has 0 spiro atoms. The Balaban J connectivity index is 0. The zero-order chi connectivity index (χ0) is 22.0. The summed E-state index contributed by atoms with van der Waals surface area (Å²) in [7, 11) is 0. The highest BCUT2D eigenvalue weighted by atomic mass is 32.2. The molecule has 0 amide bonds. The van der Waals surface area contributed by atoms with Crippen molar-refractivity contribution in [1.82, 2.24) is 0 Å². The predicted octanol–water partition coefficient (Wildman–Crippen LogP) is 1.60. The van der Waals surface area contributed by atoms with Gasteiger partial charge in [-0.2, -0.15) is 0 Å². The van der Waals surface area contributed by atoms with Gasteiger partial charge < -0.3 is 24.9 Å². The zero-order valence-electron chi connectivity index (χ0n) is 18.3. The van der Waals surface area contributed by atoms with Gasteiger partial charge in [0.15, 0.2) is 0 Å². The lowest BCUT2D eigenvalue weighted by Gasteiger charge is -2.33. The summed E-state index contributed by atoms with van der Waals surface area (Å²) in [5, 5.41) is 9.87. The number of ketones is 1. The highest BCUT2D eigenvalue weighted by Crippen LogP contribution is 2.38. The van der Waals surface area contributed by atoms with Crippen molar-refractivity contribution in [2.45, 2.75) is 60.5 Å².